The SMILES string of the molecule is COc1ccc(C)cc1/C(O)=C1\C(=O)C(=O)N(c2ccccc2O)C1c1ccc(C)o1. The second-order valence-corrected chi connectivity index (χ2v) is 7.31. The number of carbonyl (C=O) groups excluding carboxylic acids is 2. The maximum Gasteiger partial charge on any atom is 0.300 e. The van der Waals surface area contributed by atoms with Gasteiger partial charge in [0.2, 0.25) is 0 Å². The molecule has 2 aromatic carbocycles. The molecule has 1 amide bonds. The third kappa shape index (κ3) is 3.34. The fourth-order valence-corrected chi connectivity index (χ4v) is 3.77. The Bertz CT molecular complexity index is 1220. The predicted molar refractivity (Wildman–Crippen MR) is 114 cm³/mol. The van der Waals surface area contributed by atoms with E-state index in [2.05, 4.69) is 0 Å². The van der Waals surface area contributed by atoms with Gasteiger partial charge in [-0.25, -0.2) is 0 Å². The highest BCUT2D eigenvalue weighted by atomic mass is 16.5. The van der Waals surface area contributed by atoms with E-state index < -0.39 is 17.7 Å². The molecule has 1 aromatic heterocycles. The molecule has 0 radical (unpaired) electrons. The van der Waals surface area contributed by atoms with Crippen LogP contribution in [0.2, 0.25) is 0 Å². The number of phenolic OH excluding ortho intramolecular Hbond substituents is 1. The number of ketones is 1. The van der Waals surface area contributed by atoms with Crippen molar-refractivity contribution in [3.63, 3.8) is 0 Å². The maximum atomic E-state index is 13.1. The number of hydrogen-bond acceptors (Lipinski definition) is 6. The zero-order valence-electron chi connectivity index (χ0n) is 17.2. The van der Waals surface area contributed by atoms with Gasteiger partial charge in [-0.3, -0.25) is 14.5 Å². The van der Waals surface area contributed by atoms with E-state index in [1.54, 1.807) is 43.3 Å². The van der Waals surface area contributed by atoms with Gasteiger partial charge in [0.25, 0.3) is 11.7 Å². The van der Waals surface area contributed by atoms with Crippen LogP contribution in [0.1, 0.15) is 28.7 Å². The molecule has 4 rings (SSSR count). The van der Waals surface area contributed by atoms with E-state index >= 15 is 0 Å². The number of phenols is 1. The van der Waals surface area contributed by atoms with Crippen LogP contribution in [0.4, 0.5) is 5.69 Å². The maximum absolute atomic E-state index is 13.1. The van der Waals surface area contributed by atoms with E-state index in [9.17, 15) is 19.8 Å². The Morgan fingerprint density at radius 2 is 1.81 bits per heavy atom. The number of ether oxygens (including phenoxy) is 1. The number of aromatic hydroxyl groups is 1. The van der Waals surface area contributed by atoms with E-state index in [0.29, 0.717) is 11.5 Å². The molecule has 0 aliphatic carbocycles. The van der Waals surface area contributed by atoms with Crippen molar-refractivity contribution in [3.8, 4) is 11.5 Å². The molecule has 0 saturated carbocycles. The van der Waals surface area contributed by atoms with Gasteiger partial charge in [0.05, 0.1) is 23.9 Å². The second-order valence-electron chi connectivity index (χ2n) is 7.31. The standard InChI is InChI=1S/C24H21NO6/c1-13-8-10-18(30-3)15(12-13)22(27)20-21(19-11-9-14(2)31-19)25(24(29)23(20)28)16-6-4-5-7-17(16)26/h4-12,21,26-27H,1-3H3/b22-20+. The van der Waals surface area contributed by atoms with Crippen molar-refractivity contribution in [2.75, 3.05) is 12.0 Å². The third-order valence-electron chi connectivity index (χ3n) is 5.23. The minimum Gasteiger partial charge on any atom is -0.507 e. The zero-order chi connectivity index (χ0) is 22.3. The highest BCUT2D eigenvalue weighted by Crippen LogP contribution is 2.45. The van der Waals surface area contributed by atoms with Crippen LogP contribution in [0, 0.1) is 13.8 Å². The van der Waals surface area contributed by atoms with E-state index in [-0.39, 0.29) is 34.1 Å². The minimum atomic E-state index is -1.06. The van der Waals surface area contributed by atoms with Gasteiger partial charge in [-0.2, -0.15) is 0 Å². The molecule has 1 atom stereocenters. The van der Waals surface area contributed by atoms with Gasteiger partial charge < -0.3 is 19.4 Å². The van der Waals surface area contributed by atoms with E-state index in [4.69, 9.17) is 9.15 Å². The molecule has 2 N–H and O–H groups in total. The molecule has 2 heterocycles. The van der Waals surface area contributed by atoms with E-state index in [0.717, 1.165) is 10.5 Å². The number of methoxy groups -OCH3 is 1. The lowest BCUT2D eigenvalue weighted by Crippen LogP contribution is -2.29. The van der Waals surface area contributed by atoms with Crippen LogP contribution in [-0.4, -0.2) is 29.0 Å². The summed E-state index contributed by atoms with van der Waals surface area (Å²) in [6.07, 6.45) is 0. The normalized spacial score (nSPS) is 17.9. The lowest BCUT2D eigenvalue weighted by atomic mass is 9.97. The minimum absolute atomic E-state index is 0.138. The molecule has 1 aliphatic rings. The predicted octanol–water partition coefficient (Wildman–Crippen LogP) is 4.24. The summed E-state index contributed by atoms with van der Waals surface area (Å²) in [5, 5.41) is 21.6. The van der Waals surface area contributed by atoms with Crippen LogP contribution in [-0.2, 0) is 9.59 Å². The van der Waals surface area contributed by atoms with Crippen LogP contribution in [0.15, 0.2) is 64.6 Å². The molecule has 1 aliphatic heterocycles. The summed E-state index contributed by atoms with van der Waals surface area (Å²) >= 11 is 0. The molecule has 7 heteroatoms. The number of amides is 1. The van der Waals surface area contributed by atoms with Gasteiger partial charge in [0, 0.05) is 0 Å². The molecule has 158 valence electrons. The number of furan rings is 1. The van der Waals surface area contributed by atoms with Gasteiger partial charge in [0.15, 0.2) is 0 Å². The molecule has 7 nitrogen and oxygen atoms in total. The van der Waals surface area contributed by atoms with Gasteiger partial charge in [-0.05, 0) is 50.2 Å². The smallest absolute Gasteiger partial charge is 0.300 e. The number of carbonyl (C=O) groups is 2. The Hall–Kier alpha value is -4.00. The first kappa shape index (κ1) is 20.3. The van der Waals surface area contributed by atoms with E-state index in [1.807, 2.05) is 13.0 Å². The number of para-hydroxylation sites is 2. The van der Waals surface area contributed by atoms with Crippen LogP contribution in [0.5, 0.6) is 11.5 Å². The van der Waals surface area contributed by atoms with Crippen LogP contribution in [0.3, 0.4) is 0 Å². The van der Waals surface area contributed by atoms with Gasteiger partial charge in [-0.15, -0.1) is 0 Å². The molecular formula is C24H21NO6. The Morgan fingerprint density at radius 1 is 1.06 bits per heavy atom. The summed E-state index contributed by atoms with van der Waals surface area (Å²) in [5.41, 5.74) is 1.11. The Balaban J connectivity index is 2.00. The topological polar surface area (TPSA) is 100 Å². The number of hydrogen-bond donors (Lipinski definition) is 2. The van der Waals surface area contributed by atoms with Crippen molar-refractivity contribution < 1.29 is 29.0 Å². The van der Waals surface area contributed by atoms with Crippen molar-refractivity contribution in [3.05, 3.63) is 82.8 Å². The first-order valence-corrected chi connectivity index (χ1v) is 9.63. The lowest BCUT2D eigenvalue weighted by Gasteiger charge is -2.24. The molecule has 0 spiro atoms. The van der Waals surface area contributed by atoms with Crippen LogP contribution >= 0.6 is 0 Å². The number of aliphatic hydroxyl groups excluding tert-OH is 1. The van der Waals surface area contributed by atoms with Crippen LogP contribution in [0.25, 0.3) is 5.76 Å². The molecular weight excluding hydrogens is 398 g/mol. The summed E-state index contributed by atoms with van der Waals surface area (Å²) in [6, 6.07) is 13.6. The number of rotatable bonds is 4. The van der Waals surface area contributed by atoms with Crippen molar-refractivity contribution in [2.24, 2.45) is 0 Å². The first-order chi connectivity index (χ1) is 14.8. The van der Waals surface area contributed by atoms with Crippen molar-refractivity contribution in [1.82, 2.24) is 0 Å². The summed E-state index contributed by atoms with van der Waals surface area (Å²) in [4.78, 5) is 27.3. The second kappa shape index (κ2) is 7.68. The van der Waals surface area contributed by atoms with Gasteiger partial charge >= 0.3 is 0 Å². The molecule has 31 heavy (non-hydrogen) atoms. The van der Waals surface area contributed by atoms with Crippen molar-refractivity contribution in [1.29, 1.82) is 0 Å². The Labute approximate surface area is 178 Å². The van der Waals surface area contributed by atoms with Crippen molar-refractivity contribution in [2.45, 2.75) is 19.9 Å². The van der Waals surface area contributed by atoms with E-state index in [1.165, 1.54) is 19.2 Å². The first-order valence-electron chi connectivity index (χ1n) is 9.63. The number of aryl methyl sites for hydroxylation is 2. The average Bonchev–Trinajstić information content (AvgIpc) is 3.29. The van der Waals surface area contributed by atoms with Crippen molar-refractivity contribution >= 4 is 23.1 Å². The largest absolute Gasteiger partial charge is 0.507 e. The fraction of sp³-hybridized carbons (Fsp3) is 0.167. The monoisotopic (exact) mass is 419 g/mol. The number of nitrogens with zero attached hydrogens (tertiary/aromatic N) is 1. The Morgan fingerprint density at radius 3 is 2.45 bits per heavy atom. The number of Topliss-reactive ketones (excluding diaryl/α,β-unsaturated/α-hetero) is 1. The molecule has 3 aromatic rings. The zero-order valence-corrected chi connectivity index (χ0v) is 17.2. The highest BCUT2D eigenvalue weighted by Gasteiger charge is 2.49. The summed E-state index contributed by atoms with van der Waals surface area (Å²) in [7, 11) is 1.45. The fourth-order valence-electron chi connectivity index (χ4n) is 3.77. The number of aliphatic hydroxyl groups is 1. The average molecular weight is 419 g/mol. The summed E-state index contributed by atoms with van der Waals surface area (Å²) < 4.78 is 11.1. The summed E-state index contributed by atoms with van der Waals surface area (Å²) in [6.45, 7) is 3.57. The third-order valence-corrected chi connectivity index (χ3v) is 5.23. The molecule has 0 bridgehead atoms. The number of benzene rings is 2. The lowest BCUT2D eigenvalue weighted by molar-refractivity contribution is -0.132. The molecule has 1 fully saturated rings. The van der Waals surface area contributed by atoms with Crippen LogP contribution < -0.4 is 9.64 Å². The Kier molecular flexibility index (Phi) is 5.02. The van der Waals surface area contributed by atoms with Gasteiger partial charge in [0.1, 0.15) is 34.8 Å². The van der Waals surface area contributed by atoms with Gasteiger partial charge in [-0.1, -0.05) is 23.8 Å². The molecule has 1 saturated heterocycles. The number of anilines is 1. The summed E-state index contributed by atoms with van der Waals surface area (Å²) in [5.74, 6) is -1.11. The molecule has 1 unspecified atom stereocenters. The highest BCUT2D eigenvalue weighted by molar-refractivity contribution is 6.51. The quantitative estimate of drug-likeness (QED) is 0.373.